The number of alkyl halides is 1. The summed E-state index contributed by atoms with van der Waals surface area (Å²) in [6.45, 7) is 0. The standard InChI is InChI=1S/C15H11BrCl2/c16-15(12-4-2-1-3-5-12)13-8-6-11(7-9-13)10-14(17)18/h1-10,15H. The third-order valence-corrected chi connectivity index (χ3v) is 3.87. The lowest BCUT2D eigenvalue weighted by atomic mass is 10.0. The van der Waals surface area contributed by atoms with Crippen molar-refractivity contribution in [3.8, 4) is 0 Å². The molecule has 0 aliphatic carbocycles. The summed E-state index contributed by atoms with van der Waals surface area (Å²) in [6, 6.07) is 18.4. The van der Waals surface area contributed by atoms with Crippen molar-refractivity contribution in [2.24, 2.45) is 0 Å². The first kappa shape index (κ1) is 13.7. The van der Waals surface area contributed by atoms with Crippen LogP contribution in [0.2, 0.25) is 0 Å². The average molecular weight is 342 g/mol. The number of hydrogen-bond donors (Lipinski definition) is 0. The number of benzene rings is 2. The summed E-state index contributed by atoms with van der Waals surface area (Å²) in [5, 5.41) is 0. The Morgan fingerprint density at radius 3 is 2.00 bits per heavy atom. The van der Waals surface area contributed by atoms with Crippen molar-refractivity contribution in [2.75, 3.05) is 0 Å². The van der Waals surface area contributed by atoms with Crippen LogP contribution < -0.4 is 0 Å². The molecule has 0 bridgehead atoms. The van der Waals surface area contributed by atoms with Gasteiger partial charge in [-0.25, -0.2) is 0 Å². The average Bonchev–Trinajstić information content (AvgIpc) is 2.39. The monoisotopic (exact) mass is 340 g/mol. The summed E-state index contributed by atoms with van der Waals surface area (Å²) in [6.07, 6.45) is 1.72. The SMILES string of the molecule is ClC(Cl)=Cc1ccc(C(Br)c2ccccc2)cc1. The highest BCUT2D eigenvalue weighted by Gasteiger charge is 2.08. The van der Waals surface area contributed by atoms with Gasteiger partial charge in [-0.15, -0.1) is 0 Å². The fraction of sp³-hybridized carbons (Fsp3) is 0.0667. The van der Waals surface area contributed by atoms with Crippen LogP contribution in [0.1, 0.15) is 21.5 Å². The van der Waals surface area contributed by atoms with Crippen molar-refractivity contribution in [3.63, 3.8) is 0 Å². The second-order valence-corrected chi connectivity index (χ2v) is 5.80. The van der Waals surface area contributed by atoms with Crippen LogP contribution in [0.15, 0.2) is 59.1 Å². The van der Waals surface area contributed by atoms with Crippen molar-refractivity contribution in [1.29, 1.82) is 0 Å². The predicted molar refractivity (Wildman–Crippen MR) is 83.3 cm³/mol. The second-order valence-electron chi connectivity index (χ2n) is 3.87. The fourth-order valence-electron chi connectivity index (χ4n) is 1.70. The molecule has 0 spiro atoms. The van der Waals surface area contributed by atoms with Crippen LogP contribution in [0.3, 0.4) is 0 Å². The molecule has 2 aromatic rings. The lowest BCUT2D eigenvalue weighted by molar-refractivity contribution is 1.18. The van der Waals surface area contributed by atoms with E-state index in [1.807, 2.05) is 30.3 Å². The smallest absolute Gasteiger partial charge is 0.0786 e. The Morgan fingerprint density at radius 1 is 0.889 bits per heavy atom. The van der Waals surface area contributed by atoms with Gasteiger partial charge in [0.05, 0.1) is 4.83 Å². The van der Waals surface area contributed by atoms with Crippen molar-refractivity contribution < 1.29 is 0 Å². The molecule has 0 amide bonds. The van der Waals surface area contributed by atoms with Gasteiger partial charge in [0.25, 0.3) is 0 Å². The Morgan fingerprint density at radius 2 is 1.44 bits per heavy atom. The van der Waals surface area contributed by atoms with Gasteiger partial charge in [-0.3, -0.25) is 0 Å². The molecule has 0 saturated heterocycles. The van der Waals surface area contributed by atoms with E-state index in [1.54, 1.807) is 6.08 Å². The van der Waals surface area contributed by atoms with Crippen LogP contribution in [-0.2, 0) is 0 Å². The van der Waals surface area contributed by atoms with E-state index >= 15 is 0 Å². The van der Waals surface area contributed by atoms with Crippen molar-refractivity contribution >= 4 is 45.2 Å². The van der Waals surface area contributed by atoms with Crippen LogP contribution in [0.25, 0.3) is 6.08 Å². The fourth-order valence-corrected chi connectivity index (χ4v) is 2.56. The van der Waals surface area contributed by atoms with Crippen molar-refractivity contribution in [3.05, 3.63) is 75.8 Å². The minimum absolute atomic E-state index is 0.197. The summed E-state index contributed by atoms with van der Waals surface area (Å²) < 4.78 is 0.265. The second kappa shape index (κ2) is 6.42. The molecule has 1 unspecified atom stereocenters. The van der Waals surface area contributed by atoms with Crippen LogP contribution in [0.4, 0.5) is 0 Å². The van der Waals surface area contributed by atoms with Crippen molar-refractivity contribution in [1.82, 2.24) is 0 Å². The molecule has 0 nitrogen and oxygen atoms in total. The third-order valence-electron chi connectivity index (χ3n) is 2.60. The molecule has 1 atom stereocenters. The lowest BCUT2D eigenvalue weighted by Gasteiger charge is -2.10. The van der Waals surface area contributed by atoms with Gasteiger partial charge in [0.15, 0.2) is 0 Å². The molecule has 0 aliphatic rings. The first-order chi connectivity index (χ1) is 8.66. The summed E-state index contributed by atoms with van der Waals surface area (Å²) in [4.78, 5) is 0.197. The molecule has 0 fully saturated rings. The first-order valence-electron chi connectivity index (χ1n) is 5.48. The van der Waals surface area contributed by atoms with Crippen LogP contribution in [0, 0.1) is 0 Å². The molecular formula is C15H11BrCl2. The van der Waals surface area contributed by atoms with Crippen LogP contribution in [0.5, 0.6) is 0 Å². The zero-order chi connectivity index (χ0) is 13.0. The molecule has 0 aliphatic heterocycles. The van der Waals surface area contributed by atoms with Gasteiger partial charge in [0.1, 0.15) is 4.49 Å². The maximum Gasteiger partial charge on any atom is 0.107 e. The zero-order valence-electron chi connectivity index (χ0n) is 9.48. The minimum Gasteiger partial charge on any atom is -0.0786 e. The van der Waals surface area contributed by atoms with E-state index in [0.29, 0.717) is 0 Å². The van der Waals surface area contributed by atoms with Crippen LogP contribution in [-0.4, -0.2) is 0 Å². The molecule has 0 heterocycles. The van der Waals surface area contributed by atoms with E-state index < -0.39 is 0 Å². The molecule has 18 heavy (non-hydrogen) atoms. The molecule has 92 valence electrons. The van der Waals surface area contributed by atoms with E-state index in [1.165, 1.54) is 11.1 Å². The predicted octanol–water partition coefficient (Wildman–Crippen LogP) is 5.95. The molecule has 2 aromatic carbocycles. The normalized spacial score (nSPS) is 11.9. The molecule has 0 saturated carbocycles. The number of halogens is 3. The summed E-state index contributed by atoms with van der Waals surface area (Å²) in [5.41, 5.74) is 3.42. The quantitative estimate of drug-likeness (QED) is 0.605. The Hall–Kier alpha value is -0.760. The topological polar surface area (TPSA) is 0 Å². The maximum atomic E-state index is 5.63. The lowest BCUT2D eigenvalue weighted by Crippen LogP contribution is -1.91. The Bertz CT molecular complexity index is 528. The Labute approximate surface area is 125 Å². The highest BCUT2D eigenvalue weighted by atomic mass is 79.9. The summed E-state index contributed by atoms with van der Waals surface area (Å²) in [7, 11) is 0. The van der Waals surface area contributed by atoms with Gasteiger partial charge < -0.3 is 0 Å². The van der Waals surface area contributed by atoms with Gasteiger partial charge in [0, 0.05) is 0 Å². The molecule has 0 N–H and O–H groups in total. The van der Waals surface area contributed by atoms with Crippen LogP contribution >= 0.6 is 39.1 Å². The molecule has 0 aromatic heterocycles. The maximum absolute atomic E-state index is 5.63. The highest BCUT2D eigenvalue weighted by molar-refractivity contribution is 9.09. The minimum atomic E-state index is 0.197. The van der Waals surface area contributed by atoms with Gasteiger partial charge in [0.2, 0.25) is 0 Å². The highest BCUT2D eigenvalue weighted by Crippen LogP contribution is 2.30. The number of hydrogen-bond acceptors (Lipinski definition) is 0. The van der Waals surface area contributed by atoms with E-state index in [9.17, 15) is 0 Å². The summed E-state index contributed by atoms with van der Waals surface area (Å²) in [5.74, 6) is 0. The third kappa shape index (κ3) is 3.61. The Balaban J connectivity index is 2.22. The first-order valence-corrected chi connectivity index (χ1v) is 7.15. The zero-order valence-corrected chi connectivity index (χ0v) is 12.6. The molecule has 2 rings (SSSR count). The van der Waals surface area contributed by atoms with Gasteiger partial charge in [-0.2, -0.15) is 0 Å². The van der Waals surface area contributed by atoms with E-state index in [-0.39, 0.29) is 9.32 Å². The van der Waals surface area contributed by atoms with Gasteiger partial charge in [-0.1, -0.05) is 93.7 Å². The van der Waals surface area contributed by atoms with Gasteiger partial charge >= 0.3 is 0 Å². The molecular weight excluding hydrogens is 331 g/mol. The van der Waals surface area contributed by atoms with Crippen molar-refractivity contribution in [2.45, 2.75) is 4.83 Å². The largest absolute Gasteiger partial charge is 0.107 e. The van der Waals surface area contributed by atoms with E-state index in [4.69, 9.17) is 23.2 Å². The van der Waals surface area contributed by atoms with E-state index in [2.05, 4.69) is 40.2 Å². The van der Waals surface area contributed by atoms with Gasteiger partial charge in [-0.05, 0) is 22.8 Å². The summed E-state index contributed by atoms with van der Waals surface area (Å²) >= 11 is 15.0. The van der Waals surface area contributed by atoms with E-state index in [0.717, 1.165) is 5.56 Å². The molecule has 0 radical (unpaired) electrons. The number of rotatable bonds is 3. The molecule has 3 heteroatoms. The Kier molecular flexibility index (Phi) is 4.87.